The molecule has 1 saturated carbocycles. The maximum Gasteiger partial charge on any atom is 0.343 e. The van der Waals surface area contributed by atoms with Gasteiger partial charge in [0, 0.05) is 6.20 Å². The van der Waals surface area contributed by atoms with Gasteiger partial charge in [0.05, 0.1) is 12.6 Å². The fourth-order valence-electron chi connectivity index (χ4n) is 3.55. The van der Waals surface area contributed by atoms with Crippen molar-refractivity contribution in [2.45, 2.75) is 25.7 Å². The molecule has 1 aliphatic carbocycles. The van der Waals surface area contributed by atoms with E-state index in [0.717, 1.165) is 35.0 Å². The van der Waals surface area contributed by atoms with Crippen LogP contribution in [-0.2, 0) is 4.74 Å². The third kappa shape index (κ3) is 2.77. The maximum atomic E-state index is 13.8. The first-order valence-electron chi connectivity index (χ1n) is 8.68. The molecule has 2 heterocycles. The molecule has 1 fully saturated rings. The maximum absolute atomic E-state index is 13.8. The Morgan fingerprint density at radius 3 is 2.63 bits per heavy atom. The average Bonchev–Trinajstić information content (AvgIpc) is 3.49. The molecule has 0 radical (unpaired) electrons. The van der Waals surface area contributed by atoms with Crippen LogP contribution in [0.2, 0.25) is 0 Å². The molecule has 1 aliphatic rings. The number of hydrogen-bond acceptors (Lipinski definition) is 4. The fourth-order valence-corrected chi connectivity index (χ4v) is 3.55. The molecule has 5 nitrogen and oxygen atoms in total. The molecule has 1 N–H and O–H groups in total. The van der Waals surface area contributed by atoms with Crippen molar-refractivity contribution in [2.75, 3.05) is 7.11 Å². The number of benzene rings is 1. The van der Waals surface area contributed by atoms with E-state index in [4.69, 9.17) is 4.74 Å². The Bertz CT molecular complexity index is 1150. The van der Waals surface area contributed by atoms with Crippen LogP contribution in [0.3, 0.4) is 0 Å². The van der Waals surface area contributed by atoms with Gasteiger partial charge in [-0.05, 0) is 72.2 Å². The predicted octanol–water partition coefficient (Wildman–Crippen LogP) is 3.78. The zero-order chi connectivity index (χ0) is 19.3. The third-order valence-corrected chi connectivity index (χ3v) is 5.09. The summed E-state index contributed by atoms with van der Waals surface area (Å²) in [5.74, 6) is -1.48. The zero-order valence-electron chi connectivity index (χ0n) is 15.0. The number of halogens is 1. The van der Waals surface area contributed by atoms with Crippen LogP contribution in [0, 0.1) is 12.7 Å². The average molecular weight is 367 g/mol. The minimum atomic E-state index is -0.701. The van der Waals surface area contributed by atoms with Gasteiger partial charge in [-0.3, -0.25) is 9.20 Å². The summed E-state index contributed by atoms with van der Waals surface area (Å²) in [5.41, 5.74) is 3.43. The van der Waals surface area contributed by atoms with Gasteiger partial charge in [0.1, 0.15) is 5.56 Å². The van der Waals surface area contributed by atoms with Crippen LogP contribution in [0.4, 0.5) is 4.39 Å². The molecule has 0 bridgehead atoms. The Morgan fingerprint density at radius 1 is 1.26 bits per heavy atom. The highest BCUT2D eigenvalue weighted by Crippen LogP contribution is 2.43. The van der Waals surface area contributed by atoms with Crippen molar-refractivity contribution < 1.29 is 19.0 Å². The normalized spacial score (nSPS) is 13.7. The Hall–Kier alpha value is -3.15. The minimum Gasteiger partial charge on any atom is -0.505 e. The number of hydrogen-bond donors (Lipinski definition) is 1. The summed E-state index contributed by atoms with van der Waals surface area (Å²) in [6.07, 6.45) is 3.58. The van der Waals surface area contributed by atoms with Crippen LogP contribution in [0.15, 0.2) is 41.3 Å². The Labute approximate surface area is 154 Å². The molecule has 0 aliphatic heterocycles. The van der Waals surface area contributed by atoms with E-state index < -0.39 is 23.1 Å². The molecule has 0 amide bonds. The molecular weight excluding hydrogens is 349 g/mol. The molecule has 138 valence electrons. The van der Waals surface area contributed by atoms with Crippen molar-refractivity contribution in [3.05, 3.63) is 69.4 Å². The largest absolute Gasteiger partial charge is 0.505 e. The number of pyridine rings is 2. The smallest absolute Gasteiger partial charge is 0.343 e. The third-order valence-electron chi connectivity index (χ3n) is 5.09. The number of aromatic hydroxyl groups is 1. The van der Waals surface area contributed by atoms with Gasteiger partial charge < -0.3 is 9.84 Å². The van der Waals surface area contributed by atoms with Gasteiger partial charge in [-0.25, -0.2) is 9.18 Å². The standard InChI is InChI=1S/C21H18FNO4/c1-11-14(13-5-6-18(24)17(22)9-13)7-8-23-19(11)15(12-3-4-12)10-16(20(23)25)21(26)27-2/h5-10,12,24H,3-4H2,1-2H3. The number of nitrogens with zero attached hydrogens (tertiary/aromatic N) is 1. The van der Waals surface area contributed by atoms with Gasteiger partial charge in [0.25, 0.3) is 5.56 Å². The summed E-state index contributed by atoms with van der Waals surface area (Å²) >= 11 is 0. The Balaban J connectivity index is 2.02. The highest BCUT2D eigenvalue weighted by Gasteiger charge is 2.29. The molecule has 3 aromatic rings. The second kappa shape index (κ2) is 6.23. The highest BCUT2D eigenvalue weighted by atomic mass is 19.1. The van der Waals surface area contributed by atoms with E-state index in [1.807, 2.05) is 6.92 Å². The van der Waals surface area contributed by atoms with E-state index in [9.17, 15) is 19.1 Å². The lowest BCUT2D eigenvalue weighted by molar-refractivity contribution is 0.0598. The summed E-state index contributed by atoms with van der Waals surface area (Å²) < 4.78 is 20.0. The SMILES string of the molecule is COC(=O)c1cc(C2CC2)c2c(C)c(-c3ccc(O)c(F)c3)ccn2c1=O. The van der Waals surface area contributed by atoms with Crippen LogP contribution in [0.1, 0.15) is 40.2 Å². The molecule has 2 aromatic heterocycles. The van der Waals surface area contributed by atoms with Gasteiger partial charge in [-0.15, -0.1) is 0 Å². The van der Waals surface area contributed by atoms with E-state index in [0.29, 0.717) is 5.56 Å². The lowest BCUT2D eigenvalue weighted by Gasteiger charge is -2.16. The second-order valence-corrected chi connectivity index (χ2v) is 6.82. The van der Waals surface area contributed by atoms with Crippen molar-refractivity contribution in [1.29, 1.82) is 0 Å². The topological polar surface area (TPSA) is 68.0 Å². The summed E-state index contributed by atoms with van der Waals surface area (Å²) in [6.45, 7) is 1.87. The number of phenolic OH excluding ortho intramolecular Hbond substituents is 1. The van der Waals surface area contributed by atoms with Crippen molar-refractivity contribution in [3.63, 3.8) is 0 Å². The molecule has 6 heteroatoms. The summed E-state index contributed by atoms with van der Waals surface area (Å²) in [6, 6.07) is 7.56. The van der Waals surface area contributed by atoms with Crippen molar-refractivity contribution in [2.24, 2.45) is 0 Å². The number of phenols is 1. The number of methoxy groups -OCH3 is 1. The first-order chi connectivity index (χ1) is 12.9. The van der Waals surface area contributed by atoms with Crippen LogP contribution in [0.25, 0.3) is 16.6 Å². The number of carbonyl (C=O) groups excluding carboxylic acids is 1. The quantitative estimate of drug-likeness (QED) is 0.716. The number of rotatable bonds is 3. The number of ether oxygens (including phenoxy) is 1. The van der Waals surface area contributed by atoms with E-state index in [1.54, 1.807) is 24.4 Å². The summed E-state index contributed by atoms with van der Waals surface area (Å²) in [5, 5.41) is 9.43. The van der Waals surface area contributed by atoms with E-state index >= 15 is 0 Å². The highest BCUT2D eigenvalue weighted by molar-refractivity contribution is 5.90. The molecule has 27 heavy (non-hydrogen) atoms. The number of aryl methyl sites for hydroxylation is 1. The summed E-state index contributed by atoms with van der Waals surface area (Å²) in [4.78, 5) is 24.8. The first-order valence-corrected chi connectivity index (χ1v) is 8.68. The first kappa shape index (κ1) is 17.3. The van der Waals surface area contributed by atoms with E-state index in [1.165, 1.54) is 23.6 Å². The summed E-state index contributed by atoms with van der Waals surface area (Å²) in [7, 11) is 1.25. The fraction of sp³-hybridized carbons (Fsp3) is 0.238. The molecule has 0 atom stereocenters. The molecule has 0 spiro atoms. The Kier molecular flexibility index (Phi) is 3.98. The lowest BCUT2D eigenvalue weighted by atomic mass is 9.96. The monoisotopic (exact) mass is 367 g/mol. The second-order valence-electron chi connectivity index (χ2n) is 6.82. The molecule has 0 saturated heterocycles. The number of carbonyl (C=O) groups is 1. The number of aromatic nitrogens is 1. The van der Waals surface area contributed by atoms with E-state index in [-0.39, 0.29) is 11.5 Å². The minimum absolute atomic E-state index is 0.0136. The van der Waals surface area contributed by atoms with Gasteiger partial charge >= 0.3 is 5.97 Å². The van der Waals surface area contributed by atoms with Gasteiger partial charge in [0.2, 0.25) is 0 Å². The molecule has 0 unspecified atom stereocenters. The number of esters is 1. The van der Waals surface area contributed by atoms with E-state index in [2.05, 4.69) is 0 Å². The van der Waals surface area contributed by atoms with Crippen LogP contribution < -0.4 is 5.56 Å². The van der Waals surface area contributed by atoms with Gasteiger partial charge in [-0.1, -0.05) is 6.07 Å². The van der Waals surface area contributed by atoms with Crippen LogP contribution in [-0.4, -0.2) is 22.6 Å². The molecule has 1 aromatic carbocycles. The van der Waals surface area contributed by atoms with Crippen LogP contribution in [0.5, 0.6) is 5.75 Å². The number of fused-ring (bicyclic) bond motifs is 1. The zero-order valence-corrected chi connectivity index (χ0v) is 15.0. The molecular formula is C21H18FNO4. The Morgan fingerprint density at radius 2 is 2.00 bits per heavy atom. The van der Waals surface area contributed by atoms with Crippen molar-refractivity contribution in [3.8, 4) is 16.9 Å². The predicted molar refractivity (Wildman–Crippen MR) is 98.8 cm³/mol. The van der Waals surface area contributed by atoms with Gasteiger partial charge in [0.15, 0.2) is 11.6 Å². The van der Waals surface area contributed by atoms with Gasteiger partial charge in [-0.2, -0.15) is 0 Å². The molecule has 4 rings (SSSR count). The lowest BCUT2D eigenvalue weighted by Crippen LogP contribution is -2.24. The van der Waals surface area contributed by atoms with Crippen molar-refractivity contribution >= 4 is 11.5 Å². The van der Waals surface area contributed by atoms with Crippen molar-refractivity contribution in [1.82, 2.24) is 4.40 Å². The van der Waals surface area contributed by atoms with Crippen LogP contribution >= 0.6 is 0 Å².